The van der Waals surface area contributed by atoms with Crippen LogP contribution < -0.4 is 0 Å². The first-order chi connectivity index (χ1) is 8.97. The Bertz CT molecular complexity index is 602. The topological polar surface area (TPSA) is 42.9 Å². The maximum absolute atomic E-state index is 11.9. The molecule has 2 rings (SSSR count). The Morgan fingerprint density at radius 1 is 1.26 bits per heavy atom. The molecule has 0 radical (unpaired) electrons. The fraction of sp³-hybridized carbons (Fsp3) is 0.308. The molecule has 6 heteroatoms. The highest BCUT2D eigenvalue weighted by molar-refractivity contribution is 7.99. The Morgan fingerprint density at radius 3 is 2.42 bits per heavy atom. The van der Waals surface area contributed by atoms with E-state index in [4.69, 9.17) is 11.6 Å². The van der Waals surface area contributed by atoms with Gasteiger partial charge < -0.3 is 0 Å². The van der Waals surface area contributed by atoms with Crippen LogP contribution in [-0.4, -0.2) is 21.5 Å². The second kappa shape index (κ2) is 6.03. The van der Waals surface area contributed by atoms with Gasteiger partial charge in [-0.3, -0.25) is 4.79 Å². The number of thioether (sulfide) groups is 1. The lowest BCUT2D eigenvalue weighted by atomic mass is 10.2. The normalized spacial score (nSPS) is 10.7. The fourth-order valence-electron chi connectivity index (χ4n) is 1.47. The van der Waals surface area contributed by atoms with Gasteiger partial charge in [-0.1, -0.05) is 23.4 Å². The minimum Gasteiger partial charge on any atom is -0.292 e. The van der Waals surface area contributed by atoms with Gasteiger partial charge in [-0.2, -0.15) is 0 Å². The molecule has 0 saturated heterocycles. The van der Waals surface area contributed by atoms with Crippen molar-refractivity contribution in [2.24, 2.45) is 0 Å². The van der Waals surface area contributed by atoms with E-state index in [0.29, 0.717) is 20.1 Å². The lowest BCUT2D eigenvalue weighted by Crippen LogP contribution is -2.03. The number of aromatic nitrogens is 2. The monoisotopic (exact) mass is 312 g/mol. The number of thiophene rings is 1. The number of ketones is 1. The Balaban J connectivity index is 2.05. The van der Waals surface area contributed by atoms with E-state index in [1.807, 2.05) is 20.8 Å². The van der Waals surface area contributed by atoms with E-state index >= 15 is 0 Å². The summed E-state index contributed by atoms with van der Waals surface area (Å²) in [6.45, 7) is 5.90. The van der Waals surface area contributed by atoms with Crippen LogP contribution in [0.1, 0.15) is 26.6 Å². The Labute approximate surface area is 125 Å². The quantitative estimate of drug-likeness (QED) is 0.484. The molecule has 19 heavy (non-hydrogen) atoms. The first-order valence-electron chi connectivity index (χ1n) is 5.70. The van der Waals surface area contributed by atoms with Gasteiger partial charge in [-0.25, -0.2) is 9.97 Å². The zero-order chi connectivity index (χ0) is 14.0. The van der Waals surface area contributed by atoms with Crippen molar-refractivity contribution >= 4 is 40.5 Å². The van der Waals surface area contributed by atoms with Crippen LogP contribution in [0.2, 0.25) is 4.34 Å². The molecule has 2 aromatic heterocycles. The number of carbonyl (C=O) groups excluding carboxylic acids is 1. The molecule has 0 amide bonds. The van der Waals surface area contributed by atoms with Gasteiger partial charge in [0.2, 0.25) is 0 Å². The summed E-state index contributed by atoms with van der Waals surface area (Å²) in [5.74, 6) is 0.389. The number of nitrogens with zero attached hydrogens (tertiary/aromatic N) is 2. The van der Waals surface area contributed by atoms with Crippen molar-refractivity contribution in [3.05, 3.63) is 38.3 Å². The zero-order valence-corrected chi connectivity index (χ0v) is 13.2. The van der Waals surface area contributed by atoms with E-state index in [2.05, 4.69) is 9.97 Å². The third kappa shape index (κ3) is 3.55. The molecule has 0 atom stereocenters. The third-order valence-corrected chi connectivity index (χ3v) is 4.91. The van der Waals surface area contributed by atoms with Gasteiger partial charge in [0, 0.05) is 11.4 Å². The maximum Gasteiger partial charge on any atom is 0.188 e. The average Bonchev–Trinajstić information content (AvgIpc) is 2.79. The van der Waals surface area contributed by atoms with Crippen molar-refractivity contribution in [2.75, 3.05) is 5.75 Å². The SMILES string of the molecule is Cc1nc(SCC(=O)c2ccc(Cl)s2)nc(C)c1C. The summed E-state index contributed by atoms with van der Waals surface area (Å²) in [7, 11) is 0. The van der Waals surface area contributed by atoms with Crippen LogP contribution in [0, 0.1) is 20.8 Å². The van der Waals surface area contributed by atoms with Crippen molar-refractivity contribution in [3.8, 4) is 0 Å². The van der Waals surface area contributed by atoms with Gasteiger partial charge in [0.1, 0.15) is 0 Å². The summed E-state index contributed by atoms with van der Waals surface area (Å²) in [4.78, 5) is 21.4. The highest BCUT2D eigenvalue weighted by Gasteiger charge is 2.11. The summed E-state index contributed by atoms with van der Waals surface area (Å²) >= 11 is 8.48. The predicted octanol–water partition coefficient (Wildman–Crippen LogP) is 4.09. The van der Waals surface area contributed by atoms with E-state index in [1.165, 1.54) is 23.1 Å². The minimum absolute atomic E-state index is 0.0568. The molecule has 0 fully saturated rings. The number of halogens is 1. The first kappa shape index (κ1) is 14.5. The summed E-state index contributed by atoms with van der Waals surface area (Å²) in [5.41, 5.74) is 3.02. The van der Waals surface area contributed by atoms with E-state index in [0.717, 1.165) is 17.0 Å². The van der Waals surface area contributed by atoms with Gasteiger partial charge in [0.25, 0.3) is 0 Å². The van der Waals surface area contributed by atoms with E-state index in [1.54, 1.807) is 12.1 Å². The van der Waals surface area contributed by atoms with Gasteiger partial charge in [-0.05, 0) is 38.5 Å². The first-order valence-corrected chi connectivity index (χ1v) is 7.88. The third-order valence-electron chi connectivity index (χ3n) is 2.79. The second-order valence-electron chi connectivity index (χ2n) is 4.12. The van der Waals surface area contributed by atoms with Gasteiger partial charge in [0.15, 0.2) is 10.9 Å². The molecule has 0 bridgehead atoms. The number of hydrogen-bond acceptors (Lipinski definition) is 5. The largest absolute Gasteiger partial charge is 0.292 e. The van der Waals surface area contributed by atoms with Crippen molar-refractivity contribution in [1.29, 1.82) is 0 Å². The molecule has 0 saturated carbocycles. The zero-order valence-electron chi connectivity index (χ0n) is 10.9. The van der Waals surface area contributed by atoms with Gasteiger partial charge in [0.05, 0.1) is 15.0 Å². The Kier molecular flexibility index (Phi) is 4.60. The van der Waals surface area contributed by atoms with Crippen LogP contribution in [0.3, 0.4) is 0 Å². The smallest absolute Gasteiger partial charge is 0.188 e. The van der Waals surface area contributed by atoms with Crippen LogP contribution >= 0.6 is 34.7 Å². The van der Waals surface area contributed by atoms with Crippen molar-refractivity contribution in [2.45, 2.75) is 25.9 Å². The van der Waals surface area contributed by atoms with Crippen LogP contribution in [0.15, 0.2) is 17.3 Å². The molecule has 0 aliphatic rings. The molecular weight excluding hydrogens is 300 g/mol. The molecule has 0 aliphatic heterocycles. The molecule has 2 heterocycles. The molecular formula is C13H13ClN2OS2. The molecule has 0 unspecified atom stereocenters. The van der Waals surface area contributed by atoms with Crippen LogP contribution in [-0.2, 0) is 0 Å². The molecule has 0 aromatic carbocycles. The van der Waals surface area contributed by atoms with Crippen LogP contribution in [0.4, 0.5) is 0 Å². The number of aryl methyl sites for hydroxylation is 2. The van der Waals surface area contributed by atoms with Gasteiger partial charge in [-0.15, -0.1) is 11.3 Å². The highest BCUT2D eigenvalue weighted by Crippen LogP contribution is 2.24. The highest BCUT2D eigenvalue weighted by atomic mass is 35.5. The van der Waals surface area contributed by atoms with Crippen molar-refractivity contribution in [1.82, 2.24) is 9.97 Å². The Morgan fingerprint density at radius 2 is 1.89 bits per heavy atom. The summed E-state index contributed by atoms with van der Waals surface area (Å²) in [6, 6.07) is 3.49. The molecule has 0 aliphatic carbocycles. The summed E-state index contributed by atoms with van der Waals surface area (Å²) < 4.78 is 0.631. The average molecular weight is 313 g/mol. The summed E-state index contributed by atoms with van der Waals surface area (Å²) in [5, 5.41) is 0.650. The second-order valence-corrected chi connectivity index (χ2v) is 6.78. The molecule has 0 spiro atoms. The molecule has 3 nitrogen and oxygen atoms in total. The fourth-order valence-corrected chi connectivity index (χ4v) is 3.36. The lowest BCUT2D eigenvalue weighted by molar-refractivity contribution is 0.102. The standard InChI is InChI=1S/C13H13ClN2OS2/c1-7-8(2)15-13(16-9(7)3)18-6-10(17)11-4-5-12(14)19-11/h4-5H,6H2,1-3H3. The van der Waals surface area contributed by atoms with Gasteiger partial charge >= 0.3 is 0 Å². The van der Waals surface area contributed by atoms with Crippen molar-refractivity contribution < 1.29 is 4.79 Å². The molecule has 100 valence electrons. The Hall–Kier alpha value is -0.910. The molecule has 0 N–H and O–H groups in total. The number of carbonyl (C=O) groups is 1. The minimum atomic E-state index is 0.0568. The maximum atomic E-state index is 11.9. The lowest BCUT2D eigenvalue weighted by Gasteiger charge is -2.05. The predicted molar refractivity (Wildman–Crippen MR) is 80.6 cm³/mol. The van der Waals surface area contributed by atoms with E-state index < -0.39 is 0 Å². The summed E-state index contributed by atoms with van der Waals surface area (Å²) in [6.07, 6.45) is 0. The van der Waals surface area contributed by atoms with E-state index in [9.17, 15) is 4.79 Å². The van der Waals surface area contributed by atoms with Crippen molar-refractivity contribution in [3.63, 3.8) is 0 Å². The number of Topliss-reactive ketones (excluding diaryl/α,β-unsaturated/α-hetero) is 1. The molecule has 2 aromatic rings. The van der Waals surface area contributed by atoms with Crippen LogP contribution in [0.25, 0.3) is 0 Å². The van der Waals surface area contributed by atoms with E-state index in [-0.39, 0.29) is 5.78 Å². The van der Waals surface area contributed by atoms with Crippen LogP contribution in [0.5, 0.6) is 0 Å². The number of rotatable bonds is 4. The number of hydrogen-bond donors (Lipinski definition) is 0.